The van der Waals surface area contributed by atoms with E-state index in [1.807, 2.05) is 0 Å². The smallest absolute Gasteiger partial charge is 0.325 e. The Bertz CT molecular complexity index is 419. The number of hydrogen-bond acceptors (Lipinski definition) is 4. The molecule has 0 fully saturated rings. The first kappa shape index (κ1) is 14.3. The SMILES string of the molecule is COC(=O)CN(C)C(=O)COc1ccc(Cl)cc1. The van der Waals surface area contributed by atoms with Gasteiger partial charge in [0.2, 0.25) is 0 Å². The number of methoxy groups -OCH3 is 1. The molecule has 18 heavy (non-hydrogen) atoms. The van der Waals surface area contributed by atoms with Gasteiger partial charge in [0.1, 0.15) is 12.3 Å². The third-order valence-electron chi connectivity index (χ3n) is 2.20. The Morgan fingerprint density at radius 3 is 2.44 bits per heavy atom. The number of benzene rings is 1. The zero-order chi connectivity index (χ0) is 13.5. The summed E-state index contributed by atoms with van der Waals surface area (Å²) in [5.41, 5.74) is 0. The van der Waals surface area contributed by atoms with Crippen LogP contribution in [0.5, 0.6) is 5.75 Å². The molecule has 0 spiro atoms. The van der Waals surface area contributed by atoms with Gasteiger partial charge in [0.05, 0.1) is 7.11 Å². The van der Waals surface area contributed by atoms with E-state index in [1.54, 1.807) is 24.3 Å². The molecule has 0 saturated carbocycles. The Hall–Kier alpha value is -1.75. The van der Waals surface area contributed by atoms with Crippen molar-refractivity contribution in [2.75, 3.05) is 27.3 Å². The van der Waals surface area contributed by atoms with Crippen LogP contribution in [0.15, 0.2) is 24.3 Å². The van der Waals surface area contributed by atoms with Gasteiger partial charge in [0.15, 0.2) is 6.61 Å². The number of likely N-dealkylation sites (N-methyl/N-ethyl adjacent to an activating group) is 1. The van der Waals surface area contributed by atoms with Crippen molar-refractivity contribution in [3.05, 3.63) is 29.3 Å². The molecular weight excluding hydrogens is 258 g/mol. The number of nitrogens with zero attached hydrogens (tertiary/aromatic N) is 1. The Morgan fingerprint density at radius 1 is 1.28 bits per heavy atom. The fourth-order valence-corrected chi connectivity index (χ4v) is 1.26. The predicted octanol–water partition coefficient (Wildman–Crippen LogP) is 1.35. The van der Waals surface area contributed by atoms with E-state index in [9.17, 15) is 9.59 Å². The molecule has 1 amide bonds. The van der Waals surface area contributed by atoms with Crippen LogP contribution in [0.4, 0.5) is 0 Å². The fraction of sp³-hybridized carbons (Fsp3) is 0.333. The Balaban J connectivity index is 2.41. The van der Waals surface area contributed by atoms with Gasteiger partial charge in [0.25, 0.3) is 5.91 Å². The molecule has 0 radical (unpaired) electrons. The van der Waals surface area contributed by atoms with Crippen molar-refractivity contribution >= 4 is 23.5 Å². The summed E-state index contributed by atoms with van der Waals surface area (Å²) < 4.78 is 9.72. The van der Waals surface area contributed by atoms with Crippen molar-refractivity contribution in [3.63, 3.8) is 0 Å². The van der Waals surface area contributed by atoms with E-state index < -0.39 is 5.97 Å². The number of amides is 1. The van der Waals surface area contributed by atoms with Crippen LogP contribution in [0.2, 0.25) is 5.02 Å². The Kier molecular flexibility index (Phi) is 5.45. The molecule has 0 bridgehead atoms. The topological polar surface area (TPSA) is 55.8 Å². The molecule has 1 rings (SSSR count). The number of rotatable bonds is 5. The van der Waals surface area contributed by atoms with Crippen LogP contribution in [0.25, 0.3) is 0 Å². The van der Waals surface area contributed by atoms with E-state index in [0.717, 1.165) is 0 Å². The summed E-state index contributed by atoms with van der Waals surface area (Å²) in [5.74, 6) is -0.244. The van der Waals surface area contributed by atoms with Gasteiger partial charge in [-0.3, -0.25) is 9.59 Å². The summed E-state index contributed by atoms with van der Waals surface area (Å²) in [6.07, 6.45) is 0. The molecule has 0 saturated heterocycles. The molecule has 0 N–H and O–H groups in total. The van der Waals surface area contributed by atoms with Gasteiger partial charge in [-0.2, -0.15) is 0 Å². The summed E-state index contributed by atoms with van der Waals surface area (Å²) in [5, 5.41) is 0.594. The summed E-state index contributed by atoms with van der Waals surface area (Å²) >= 11 is 5.72. The second kappa shape index (κ2) is 6.86. The van der Waals surface area contributed by atoms with Crippen LogP contribution < -0.4 is 4.74 Å². The molecule has 98 valence electrons. The lowest BCUT2D eigenvalue weighted by atomic mass is 10.3. The molecule has 0 aliphatic carbocycles. The first-order valence-corrected chi connectivity index (χ1v) is 5.60. The van der Waals surface area contributed by atoms with Crippen LogP contribution in [0.1, 0.15) is 0 Å². The summed E-state index contributed by atoms with van der Waals surface area (Å²) in [6.45, 7) is -0.242. The van der Waals surface area contributed by atoms with Gasteiger partial charge in [-0.25, -0.2) is 0 Å². The van der Waals surface area contributed by atoms with Gasteiger partial charge >= 0.3 is 5.97 Å². The Morgan fingerprint density at radius 2 is 1.89 bits per heavy atom. The minimum atomic E-state index is -0.475. The molecule has 5 nitrogen and oxygen atoms in total. The average Bonchev–Trinajstić information content (AvgIpc) is 2.37. The zero-order valence-corrected chi connectivity index (χ0v) is 10.9. The van der Waals surface area contributed by atoms with E-state index >= 15 is 0 Å². The average molecular weight is 272 g/mol. The third kappa shape index (κ3) is 4.63. The highest BCUT2D eigenvalue weighted by atomic mass is 35.5. The van der Waals surface area contributed by atoms with Crippen molar-refractivity contribution in [2.24, 2.45) is 0 Å². The van der Waals surface area contributed by atoms with E-state index in [-0.39, 0.29) is 19.1 Å². The molecule has 0 aliphatic rings. The summed E-state index contributed by atoms with van der Waals surface area (Å²) in [7, 11) is 2.77. The molecule has 0 aromatic heterocycles. The van der Waals surface area contributed by atoms with Crippen molar-refractivity contribution in [2.45, 2.75) is 0 Å². The van der Waals surface area contributed by atoms with Crippen LogP contribution in [0, 0.1) is 0 Å². The monoisotopic (exact) mass is 271 g/mol. The molecule has 0 aliphatic heterocycles. The number of carbonyl (C=O) groups excluding carboxylic acids is 2. The fourth-order valence-electron chi connectivity index (χ4n) is 1.13. The second-order valence-corrected chi connectivity index (χ2v) is 4.00. The first-order chi connectivity index (χ1) is 8.52. The quantitative estimate of drug-likeness (QED) is 0.759. The largest absolute Gasteiger partial charge is 0.484 e. The predicted molar refractivity (Wildman–Crippen MR) is 66.6 cm³/mol. The number of esters is 1. The molecular formula is C12H14ClNO4. The van der Waals surface area contributed by atoms with Crippen molar-refractivity contribution in [3.8, 4) is 5.75 Å². The standard InChI is InChI=1S/C12H14ClNO4/c1-14(7-12(16)17-2)11(15)8-18-10-5-3-9(13)4-6-10/h3-6H,7-8H2,1-2H3. The number of halogens is 1. The summed E-state index contributed by atoms with van der Waals surface area (Å²) in [4.78, 5) is 23.8. The highest BCUT2D eigenvalue weighted by Crippen LogP contribution is 2.15. The minimum absolute atomic E-state index is 0.0979. The van der Waals surface area contributed by atoms with E-state index in [0.29, 0.717) is 10.8 Å². The van der Waals surface area contributed by atoms with Crippen molar-refractivity contribution in [1.82, 2.24) is 4.90 Å². The summed E-state index contributed by atoms with van der Waals surface area (Å²) in [6, 6.07) is 6.66. The lowest BCUT2D eigenvalue weighted by molar-refractivity contribution is -0.146. The highest BCUT2D eigenvalue weighted by molar-refractivity contribution is 6.30. The van der Waals surface area contributed by atoms with Gasteiger partial charge in [-0.15, -0.1) is 0 Å². The van der Waals surface area contributed by atoms with E-state index in [4.69, 9.17) is 16.3 Å². The lowest BCUT2D eigenvalue weighted by Gasteiger charge is -2.15. The maximum absolute atomic E-state index is 11.6. The number of ether oxygens (including phenoxy) is 2. The van der Waals surface area contributed by atoms with Crippen LogP contribution in [-0.4, -0.2) is 44.1 Å². The number of carbonyl (C=O) groups is 2. The van der Waals surface area contributed by atoms with E-state index in [2.05, 4.69) is 4.74 Å². The normalized spacial score (nSPS) is 9.72. The highest BCUT2D eigenvalue weighted by Gasteiger charge is 2.13. The molecule has 0 heterocycles. The van der Waals surface area contributed by atoms with Crippen LogP contribution >= 0.6 is 11.6 Å². The maximum Gasteiger partial charge on any atom is 0.325 e. The van der Waals surface area contributed by atoms with Gasteiger partial charge in [-0.05, 0) is 24.3 Å². The second-order valence-electron chi connectivity index (χ2n) is 3.57. The van der Waals surface area contributed by atoms with Crippen LogP contribution in [-0.2, 0) is 14.3 Å². The van der Waals surface area contributed by atoms with E-state index in [1.165, 1.54) is 19.1 Å². The van der Waals surface area contributed by atoms with Gasteiger partial charge in [0, 0.05) is 12.1 Å². The molecule has 6 heteroatoms. The molecule has 1 aromatic rings. The lowest BCUT2D eigenvalue weighted by Crippen LogP contribution is -2.35. The maximum atomic E-state index is 11.6. The zero-order valence-electron chi connectivity index (χ0n) is 10.2. The van der Waals surface area contributed by atoms with Crippen LogP contribution in [0.3, 0.4) is 0 Å². The minimum Gasteiger partial charge on any atom is -0.484 e. The van der Waals surface area contributed by atoms with Crippen molar-refractivity contribution in [1.29, 1.82) is 0 Å². The van der Waals surface area contributed by atoms with Gasteiger partial charge < -0.3 is 14.4 Å². The van der Waals surface area contributed by atoms with Gasteiger partial charge in [-0.1, -0.05) is 11.6 Å². The molecule has 1 aromatic carbocycles. The van der Waals surface area contributed by atoms with Crippen molar-refractivity contribution < 1.29 is 19.1 Å². The first-order valence-electron chi connectivity index (χ1n) is 5.22. The molecule has 0 atom stereocenters. The Labute approximate surface area is 110 Å². The number of hydrogen-bond donors (Lipinski definition) is 0. The molecule has 0 unspecified atom stereocenters. The third-order valence-corrected chi connectivity index (χ3v) is 2.45.